The predicted molar refractivity (Wildman–Crippen MR) is 115 cm³/mol. The van der Waals surface area contributed by atoms with Crippen LogP contribution in [0.15, 0.2) is 67.3 Å². The first kappa shape index (κ1) is 19.2. The number of nitrogen functional groups attached to an aromatic ring is 1. The van der Waals surface area contributed by atoms with Gasteiger partial charge >= 0.3 is 0 Å². The number of para-hydroxylation sites is 1. The fourth-order valence-electron chi connectivity index (χ4n) is 3.14. The summed E-state index contributed by atoms with van der Waals surface area (Å²) in [5.74, 6) is 1.14. The molecule has 1 atom stereocenters. The number of nitriles is 1. The fourth-order valence-corrected chi connectivity index (χ4v) is 3.14. The van der Waals surface area contributed by atoms with Crippen molar-refractivity contribution >= 4 is 22.7 Å². The maximum atomic E-state index is 9.50. The van der Waals surface area contributed by atoms with E-state index in [9.17, 15) is 5.26 Å². The first-order valence-corrected chi connectivity index (χ1v) is 9.60. The zero-order valence-corrected chi connectivity index (χ0v) is 16.3. The first-order chi connectivity index (χ1) is 14.7. The third-order valence-electron chi connectivity index (χ3n) is 4.67. The minimum absolute atomic E-state index is 0.382. The number of aryl methyl sites for hydroxylation is 1. The summed E-state index contributed by atoms with van der Waals surface area (Å²) in [5.41, 5.74) is 8.94. The molecular weight excluding hydrogens is 378 g/mol. The molecule has 150 valence electrons. The molecule has 0 amide bonds. The number of hydrogen-bond acceptors (Lipinski definition) is 7. The van der Waals surface area contributed by atoms with Crippen molar-refractivity contribution in [2.24, 2.45) is 0 Å². The number of hydrogen-bond donors (Lipinski definition) is 2. The molecule has 0 aliphatic rings. The van der Waals surface area contributed by atoms with Gasteiger partial charge in [0.25, 0.3) is 0 Å². The highest BCUT2D eigenvalue weighted by molar-refractivity contribution is 5.81. The second-order valence-corrected chi connectivity index (χ2v) is 6.71. The molecule has 8 heteroatoms. The topological polar surface area (TPSA) is 115 Å². The van der Waals surface area contributed by atoms with Crippen LogP contribution < -0.4 is 15.8 Å². The largest absolute Gasteiger partial charge is 0.494 e. The van der Waals surface area contributed by atoms with Crippen LogP contribution in [0.1, 0.15) is 18.0 Å². The van der Waals surface area contributed by atoms with Gasteiger partial charge in [0.05, 0.1) is 19.0 Å². The van der Waals surface area contributed by atoms with Crippen LogP contribution in [0.3, 0.4) is 0 Å². The average Bonchev–Trinajstić information content (AvgIpc) is 3.21. The quantitative estimate of drug-likeness (QED) is 0.435. The van der Waals surface area contributed by atoms with Gasteiger partial charge in [-0.15, -0.1) is 0 Å². The van der Waals surface area contributed by atoms with Gasteiger partial charge in [-0.05, 0) is 36.2 Å². The normalized spacial score (nSPS) is 11.7. The number of ether oxygens (including phenoxy) is 1. The third kappa shape index (κ3) is 4.31. The van der Waals surface area contributed by atoms with Gasteiger partial charge < -0.3 is 20.4 Å². The molecule has 0 saturated carbocycles. The highest BCUT2D eigenvalue weighted by Crippen LogP contribution is 2.22. The van der Waals surface area contributed by atoms with Crippen molar-refractivity contribution in [3.05, 3.63) is 72.8 Å². The van der Waals surface area contributed by atoms with E-state index in [-0.39, 0.29) is 0 Å². The lowest BCUT2D eigenvalue weighted by Crippen LogP contribution is -2.08. The SMILES string of the molecule is N#CC(Nc1ccccc1)c1ccc(OCCCn2cnc3c(N)ncnc32)cc1. The highest BCUT2D eigenvalue weighted by Gasteiger charge is 2.10. The van der Waals surface area contributed by atoms with E-state index < -0.39 is 6.04 Å². The Hall–Kier alpha value is -4.12. The molecule has 0 fully saturated rings. The molecule has 0 aliphatic heterocycles. The highest BCUT2D eigenvalue weighted by atomic mass is 16.5. The molecule has 1 unspecified atom stereocenters. The molecule has 0 radical (unpaired) electrons. The molecule has 2 aromatic carbocycles. The van der Waals surface area contributed by atoms with E-state index in [0.717, 1.165) is 29.1 Å². The number of aromatic nitrogens is 4. The molecular formula is C22H21N7O. The van der Waals surface area contributed by atoms with Crippen LogP contribution in [0, 0.1) is 11.3 Å². The van der Waals surface area contributed by atoms with Crippen LogP contribution in [0.4, 0.5) is 11.5 Å². The number of benzene rings is 2. The summed E-state index contributed by atoms with van der Waals surface area (Å²) in [7, 11) is 0. The zero-order chi connectivity index (χ0) is 20.8. The van der Waals surface area contributed by atoms with Gasteiger partial charge in [-0.2, -0.15) is 5.26 Å². The molecule has 2 heterocycles. The van der Waals surface area contributed by atoms with Crippen LogP contribution in [0.25, 0.3) is 11.2 Å². The number of rotatable bonds is 8. The Bertz CT molecular complexity index is 1150. The van der Waals surface area contributed by atoms with Crippen LogP contribution in [0.2, 0.25) is 0 Å². The molecule has 0 aliphatic carbocycles. The molecule has 2 aromatic heterocycles. The molecule has 3 N–H and O–H groups in total. The summed E-state index contributed by atoms with van der Waals surface area (Å²) in [5, 5.41) is 12.7. The van der Waals surface area contributed by atoms with E-state index in [1.165, 1.54) is 6.33 Å². The fraction of sp³-hybridized carbons (Fsp3) is 0.182. The van der Waals surface area contributed by atoms with Crippen molar-refractivity contribution in [3.63, 3.8) is 0 Å². The summed E-state index contributed by atoms with van der Waals surface area (Å²) >= 11 is 0. The minimum atomic E-state index is -0.426. The van der Waals surface area contributed by atoms with Crippen LogP contribution in [-0.4, -0.2) is 26.1 Å². The number of nitrogens with one attached hydrogen (secondary N) is 1. The Labute approximate surface area is 174 Å². The lowest BCUT2D eigenvalue weighted by Gasteiger charge is -2.14. The molecule has 0 spiro atoms. The van der Waals surface area contributed by atoms with Crippen molar-refractivity contribution in [3.8, 4) is 11.8 Å². The number of anilines is 2. The van der Waals surface area contributed by atoms with Gasteiger partial charge in [0, 0.05) is 12.2 Å². The lowest BCUT2D eigenvalue weighted by molar-refractivity contribution is 0.302. The lowest BCUT2D eigenvalue weighted by atomic mass is 10.1. The summed E-state index contributed by atoms with van der Waals surface area (Å²) < 4.78 is 7.77. The van der Waals surface area contributed by atoms with Crippen molar-refractivity contribution in [1.82, 2.24) is 19.5 Å². The van der Waals surface area contributed by atoms with Gasteiger partial charge in [-0.1, -0.05) is 30.3 Å². The molecule has 4 aromatic rings. The van der Waals surface area contributed by atoms with E-state index in [4.69, 9.17) is 10.5 Å². The summed E-state index contributed by atoms with van der Waals surface area (Å²) in [4.78, 5) is 12.4. The van der Waals surface area contributed by atoms with E-state index in [1.54, 1.807) is 6.33 Å². The standard InChI is InChI=1S/C22H21N7O/c23-13-19(28-17-5-2-1-3-6-17)16-7-9-18(10-8-16)30-12-4-11-29-15-27-20-21(24)25-14-26-22(20)29/h1-3,5-10,14-15,19,28H,4,11-12H2,(H2,24,25,26). The summed E-state index contributed by atoms with van der Waals surface area (Å²) in [6.45, 7) is 1.26. The smallest absolute Gasteiger partial charge is 0.165 e. The molecule has 30 heavy (non-hydrogen) atoms. The third-order valence-corrected chi connectivity index (χ3v) is 4.67. The second-order valence-electron chi connectivity index (χ2n) is 6.71. The maximum absolute atomic E-state index is 9.50. The van der Waals surface area contributed by atoms with Crippen LogP contribution in [0.5, 0.6) is 5.75 Å². The van der Waals surface area contributed by atoms with Gasteiger partial charge in [-0.25, -0.2) is 15.0 Å². The Morgan fingerprint density at radius 3 is 2.63 bits per heavy atom. The van der Waals surface area contributed by atoms with Gasteiger partial charge in [0.2, 0.25) is 0 Å². The van der Waals surface area contributed by atoms with E-state index >= 15 is 0 Å². The van der Waals surface area contributed by atoms with Crippen molar-refractivity contribution < 1.29 is 4.74 Å². The zero-order valence-electron chi connectivity index (χ0n) is 16.3. The molecule has 0 saturated heterocycles. The van der Waals surface area contributed by atoms with Gasteiger partial charge in [0.15, 0.2) is 11.5 Å². The molecule has 0 bridgehead atoms. The van der Waals surface area contributed by atoms with E-state index in [0.29, 0.717) is 24.5 Å². The number of nitrogens with two attached hydrogens (primary N) is 1. The van der Waals surface area contributed by atoms with Crippen molar-refractivity contribution in [2.45, 2.75) is 19.0 Å². The van der Waals surface area contributed by atoms with Crippen molar-refractivity contribution in [2.75, 3.05) is 17.7 Å². The van der Waals surface area contributed by atoms with Gasteiger partial charge in [0.1, 0.15) is 23.6 Å². The minimum Gasteiger partial charge on any atom is -0.494 e. The predicted octanol–water partition coefficient (Wildman–Crippen LogP) is 3.55. The average molecular weight is 399 g/mol. The van der Waals surface area contributed by atoms with Crippen molar-refractivity contribution in [1.29, 1.82) is 5.26 Å². The Morgan fingerprint density at radius 2 is 1.87 bits per heavy atom. The first-order valence-electron chi connectivity index (χ1n) is 9.60. The second kappa shape index (κ2) is 8.92. The number of nitrogens with zero attached hydrogens (tertiary/aromatic N) is 5. The van der Waals surface area contributed by atoms with Crippen LogP contribution in [-0.2, 0) is 6.54 Å². The molecule has 8 nitrogen and oxygen atoms in total. The van der Waals surface area contributed by atoms with E-state index in [2.05, 4.69) is 26.3 Å². The number of imidazole rings is 1. The van der Waals surface area contributed by atoms with E-state index in [1.807, 2.05) is 59.2 Å². The Kier molecular flexibility index (Phi) is 5.71. The monoisotopic (exact) mass is 399 g/mol. The summed E-state index contributed by atoms with van der Waals surface area (Å²) in [6, 6.07) is 19.1. The molecule has 4 rings (SSSR count). The summed E-state index contributed by atoms with van der Waals surface area (Å²) in [6.07, 6.45) is 3.94. The van der Waals surface area contributed by atoms with Crippen LogP contribution >= 0.6 is 0 Å². The Balaban J connectivity index is 1.30. The number of fused-ring (bicyclic) bond motifs is 1. The Morgan fingerprint density at radius 1 is 1.07 bits per heavy atom. The van der Waals surface area contributed by atoms with Gasteiger partial charge in [-0.3, -0.25) is 0 Å². The maximum Gasteiger partial charge on any atom is 0.165 e.